The lowest BCUT2D eigenvalue weighted by Crippen LogP contribution is -2.15. The van der Waals surface area contributed by atoms with Crippen molar-refractivity contribution in [3.8, 4) is 5.75 Å². The summed E-state index contributed by atoms with van der Waals surface area (Å²) in [5.41, 5.74) is 6.12. The van der Waals surface area contributed by atoms with E-state index in [1.807, 2.05) is 0 Å². The van der Waals surface area contributed by atoms with Crippen LogP contribution in [0.1, 0.15) is 32.6 Å². The highest BCUT2D eigenvalue weighted by Gasteiger charge is 2.09. The zero-order valence-corrected chi connectivity index (χ0v) is 11.9. The van der Waals surface area contributed by atoms with Crippen molar-refractivity contribution < 1.29 is 9.90 Å². The van der Waals surface area contributed by atoms with Gasteiger partial charge in [-0.15, -0.1) is 0 Å². The van der Waals surface area contributed by atoms with Gasteiger partial charge in [0.1, 0.15) is 5.75 Å². The molecule has 4 nitrogen and oxygen atoms in total. The van der Waals surface area contributed by atoms with E-state index in [1.165, 1.54) is 12.1 Å². The molecule has 0 aliphatic carbocycles. The van der Waals surface area contributed by atoms with Crippen LogP contribution < -0.4 is 11.1 Å². The van der Waals surface area contributed by atoms with E-state index in [9.17, 15) is 9.90 Å². The van der Waals surface area contributed by atoms with Gasteiger partial charge in [-0.2, -0.15) is 0 Å². The fraction of sp³-hybridized carbons (Fsp3) is 0.500. The van der Waals surface area contributed by atoms with E-state index in [1.54, 1.807) is 6.07 Å². The fourth-order valence-corrected chi connectivity index (χ4v) is 2.11. The van der Waals surface area contributed by atoms with Gasteiger partial charge in [-0.05, 0) is 43.5 Å². The number of carbonyl (C=O) groups is 1. The number of carbonyl (C=O) groups excluding carboxylic acids is 1. The Bertz CT molecular complexity index is 424. The number of aromatic hydroxyl groups is 1. The topological polar surface area (TPSA) is 75.4 Å². The van der Waals surface area contributed by atoms with Gasteiger partial charge in [0.15, 0.2) is 0 Å². The number of nitrogens with one attached hydrogen (secondary N) is 1. The van der Waals surface area contributed by atoms with Crippen LogP contribution in [-0.4, -0.2) is 17.6 Å². The first-order valence-corrected chi connectivity index (χ1v) is 6.93. The molecule has 106 valence electrons. The molecule has 5 heteroatoms. The average Bonchev–Trinajstić information content (AvgIpc) is 2.39. The summed E-state index contributed by atoms with van der Waals surface area (Å²) in [7, 11) is 0. The molecule has 1 rings (SSSR count). The molecule has 0 bridgehead atoms. The Balaban J connectivity index is 2.44. The summed E-state index contributed by atoms with van der Waals surface area (Å²) in [6.45, 7) is 2.77. The SMILES string of the molecule is CCC(CCN)CCC(=O)Nc1ccc(O)c(Cl)c1. The second-order valence-electron chi connectivity index (χ2n) is 4.60. The number of halogens is 1. The highest BCUT2D eigenvalue weighted by Crippen LogP contribution is 2.26. The average molecular weight is 285 g/mol. The minimum atomic E-state index is -0.0442. The highest BCUT2D eigenvalue weighted by atomic mass is 35.5. The van der Waals surface area contributed by atoms with Gasteiger partial charge < -0.3 is 16.2 Å². The highest BCUT2D eigenvalue weighted by molar-refractivity contribution is 6.32. The third-order valence-electron chi connectivity index (χ3n) is 3.16. The maximum Gasteiger partial charge on any atom is 0.224 e. The number of phenols is 1. The van der Waals surface area contributed by atoms with Gasteiger partial charge in [-0.3, -0.25) is 4.79 Å². The Morgan fingerprint density at radius 1 is 1.47 bits per heavy atom. The van der Waals surface area contributed by atoms with Crippen molar-refractivity contribution >= 4 is 23.2 Å². The van der Waals surface area contributed by atoms with Crippen molar-refractivity contribution in [2.24, 2.45) is 11.7 Å². The quantitative estimate of drug-likeness (QED) is 0.673. The van der Waals surface area contributed by atoms with Crippen molar-refractivity contribution in [3.05, 3.63) is 23.2 Å². The Hall–Kier alpha value is -1.26. The normalized spacial score (nSPS) is 12.2. The molecule has 0 radical (unpaired) electrons. The lowest BCUT2D eigenvalue weighted by atomic mass is 9.96. The van der Waals surface area contributed by atoms with Crippen LogP contribution in [0.5, 0.6) is 5.75 Å². The molecule has 0 fully saturated rings. The van der Waals surface area contributed by atoms with Gasteiger partial charge in [-0.25, -0.2) is 0 Å². The summed E-state index contributed by atoms with van der Waals surface area (Å²) in [5, 5.41) is 12.3. The first-order valence-electron chi connectivity index (χ1n) is 6.55. The van der Waals surface area contributed by atoms with Crippen LogP contribution in [-0.2, 0) is 4.79 Å². The van der Waals surface area contributed by atoms with Gasteiger partial charge in [0, 0.05) is 12.1 Å². The van der Waals surface area contributed by atoms with E-state index in [-0.39, 0.29) is 16.7 Å². The predicted octanol–water partition coefficient (Wildman–Crippen LogP) is 3.14. The van der Waals surface area contributed by atoms with Crippen molar-refractivity contribution in [2.75, 3.05) is 11.9 Å². The maximum absolute atomic E-state index is 11.8. The summed E-state index contributed by atoms with van der Waals surface area (Å²) in [4.78, 5) is 11.8. The van der Waals surface area contributed by atoms with Gasteiger partial charge in [-0.1, -0.05) is 24.9 Å². The van der Waals surface area contributed by atoms with Crippen LogP contribution >= 0.6 is 11.6 Å². The van der Waals surface area contributed by atoms with Crippen molar-refractivity contribution in [2.45, 2.75) is 32.6 Å². The number of hydrogen-bond donors (Lipinski definition) is 3. The predicted molar refractivity (Wildman–Crippen MR) is 78.4 cm³/mol. The number of rotatable bonds is 7. The van der Waals surface area contributed by atoms with Crippen LogP contribution in [0.2, 0.25) is 5.02 Å². The molecule has 0 aliphatic heterocycles. The van der Waals surface area contributed by atoms with Crippen LogP contribution in [0.4, 0.5) is 5.69 Å². The first-order chi connectivity index (χ1) is 9.06. The van der Waals surface area contributed by atoms with Crippen molar-refractivity contribution in [3.63, 3.8) is 0 Å². The van der Waals surface area contributed by atoms with Gasteiger partial charge in [0.25, 0.3) is 0 Å². The number of benzene rings is 1. The number of nitrogens with two attached hydrogens (primary N) is 1. The second kappa shape index (κ2) is 8.02. The summed E-state index contributed by atoms with van der Waals surface area (Å²) >= 11 is 5.77. The Morgan fingerprint density at radius 3 is 2.79 bits per heavy atom. The minimum Gasteiger partial charge on any atom is -0.506 e. The van der Waals surface area contributed by atoms with Gasteiger partial charge in [0.2, 0.25) is 5.91 Å². The standard InChI is InChI=1S/C14H21ClN2O2/c1-2-10(7-8-16)3-6-14(19)17-11-4-5-13(18)12(15)9-11/h4-5,9-10,18H,2-3,6-8,16H2,1H3,(H,17,19). The van der Waals surface area contributed by atoms with Gasteiger partial charge >= 0.3 is 0 Å². The molecule has 0 spiro atoms. The van der Waals surface area contributed by atoms with E-state index in [4.69, 9.17) is 17.3 Å². The van der Waals surface area contributed by atoms with Crippen molar-refractivity contribution in [1.29, 1.82) is 0 Å². The third kappa shape index (κ3) is 5.49. The van der Waals surface area contributed by atoms with Crippen molar-refractivity contribution in [1.82, 2.24) is 0 Å². The smallest absolute Gasteiger partial charge is 0.224 e. The Kier molecular flexibility index (Phi) is 6.67. The molecule has 0 saturated carbocycles. The Morgan fingerprint density at radius 2 is 2.21 bits per heavy atom. The molecule has 0 heterocycles. The summed E-state index contributed by atoms with van der Waals surface area (Å²) in [6, 6.07) is 4.61. The third-order valence-corrected chi connectivity index (χ3v) is 3.47. The molecule has 1 amide bonds. The molecule has 1 aromatic carbocycles. The minimum absolute atomic E-state index is 0.00802. The first kappa shape index (κ1) is 15.8. The molecule has 1 aromatic rings. The monoisotopic (exact) mass is 284 g/mol. The number of hydrogen-bond acceptors (Lipinski definition) is 3. The zero-order chi connectivity index (χ0) is 14.3. The summed E-state index contributed by atoms with van der Waals surface area (Å²) < 4.78 is 0. The van der Waals surface area contributed by atoms with E-state index < -0.39 is 0 Å². The van der Waals surface area contributed by atoms with E-state index in [0.717, 1.165) is 19.3 Å². The lowest BCUT2D eigenvalue weighted by Gasteiger charge is -2.13. The van der Waals surface area contributed by atoms with E-state index in [2.05, 4.69) is 12.2 Å². The second-order valence-corrected chi connectivity index (χ2v) is 5.01. The summed E-state index contributed by atoms with van der Waals surface area (Å²) in [5.74, 6) is 0.463. The molecule has 0 aliphatic rings. The molecule has 19 heavy (non-hydrogen) atoms. The number of phenolic OH excluding ortho intramolecular Hbond substituents is 1. The van der Waals surface area contributed by atoms with E-state index >= 15 is 0 Å². The van der Waals surface area contributed by atoms with Crippen LogP contribution in [0.3, 0.4) is 0 Å². The molecule has 4 N–H and O–H groups in total. The molecular weight excluding hydrogens is 264 g/mol. The Labute approximate surface area is 118 Å². The van der Waals surface area contributed by atoms with Crippen LogP contribution in [0.15, 0.2) is 18.2 Å². The largest absolute Gasteiger partial charge is 0.506 e. The maximum atomic E-state index is 11.8. The van der Waals surface area contributed by atoms with Crippen LogP contribution in [0.25, 0.3) is 0 Å². The zero-order valence-electron chi connectivity index (χ0n) is 11.2. The fourth-order valence-electron chi connectivity index (χ4n) is 1.93. The van der Waals surface area contributed by atoms with E-state index in [0.29, 0.717) is 24.6 Å². The number of amides is 1. The molecule has 1 unspecified atom stereocenters. The van der Waals surface area contributed by atoms with Crippen LogP contribution in [0, 0.1) is 5.92 Å². The molecule has 0 saturated heterocycles. The molecular formula is C14H21ClN2O2. The van der Waals surface area contributed by atoms with Gasteiger partial charge in [0.05, 0.1) is 5.02 Å². The molecule has 1 atom stereocenters. The molecule has 0 aromatic heterocycles. The summed E-state index contributed by atoms with van der Waals surface area (Å²) in [6.07, 6.45) is 3.30. The number of anilines is 1. The lowest BCUT2D eigenvalue weighted by molar-refractivity contribution is -0.116.